The molecule has 24 heavy (non-hydrogen) atoms. The number of fused-ring (bicyclic) bond motifs is 1. The molecule has 2 heterocycles. The summed E-state index contributed by atoms with van der Waals surface area (Å²) in [6.45, 7) is 6.15. The number of benzene rings is 1. The molecular weight excluding hydrogens is 304 g/mol. The van der Waals surface area contributed by atoms with Gasteiger partial charge in [-0.05, 0) is 50.7 Å². The van der Waals surface area contributed by atoms with E-state index in [-0.39, 0.29) is 17.9 Å². The summed E-state index contributed by atoms with van der Waals surface area (Å²) in [7, 11) is 0. The van der Waals surface area contributed by atoms with Crippen LogP contribution in [0.2, 0.25) is 0 Å². The third-order valence-corrected chi connectivity index (χ3v) is 4.98. The molecule has 0 aromatic heterocycles. The van der Waals surface area contributed by atoms with E-state index in [0.717, 1.165) is 43.5 Å². The van der Waals surface area contributed by atoms with Crippen molar-refractivity contribution in [3.63, 3.8) is 0 Å². The van der Waals surface area contributed by atoms with Gasteiger partial charge in [0.05, 0.1) is 12.5 Å². The molecule has 2 aliphatic heterocycles. The first-order valence-electron chi connectivity index (χ1n) is 8.93. The molecule has 5 nitrogen and oxygen atoms in total. The highest BCUT2D eigenvalue weighted by atomic mass is 16.6. The highest BCUT2D eigenvalue weighted by Gasteiger charge is 2.34. The van der Waals surface area contributed by atoms with Crippen molar-refractivity contribution < 1.29 is 14.3 Å². The Bertz CT molecular complexity index is 629. The first-order valence-corrected chi connectivity index (χ1v) is 8.93. The maximum absolute atomic E-state index is 13.1. The van der Waals surface area contributed by atoms with Crippen molar-refractivity contribution in [1.29, 1.82) is 0 Å². The van der Waals surface area contributed by atoms with Gasteiger partial charge in [0.2, 0.25) is 5.91 Å². The van der Waals surface area contributed by atoms with Gasteiger partial charge >= 0.3 is 6.09 Å². The molecule has 5 heteroatoms. The number of rotatable bonds is 2. The molecule has 1 unspecified atom stereocenters. The lowest BCUT2D eigenvalue weighted by atomic mass is 9.93. The van der Waals surface area contributed by atoms with Gasteiger partial charge in [0.25, 0.3) is 0 Å². The summed E-state index contributed by atoms with van der Waals surface area (Å²) in [5, 5.41) is 0. The predicted molar refractivity (Wildman–Crippen MR) is 93.2 cm³/mol. The Balaban J connectivity index is 1.77. The van der Waals surface area contributed by atoms with Crippen molar-refractivity contribution in [3.8, 4) is 0 Å². The average molecular weight is 330 g/mol. The van der Waals surface area contributed by atoms with Crippen molar-refractivity contribution in [3.05, 3.63) is 29.3 Å². The molecule has 0 bridgehead atoms. The summed E-state index contributed by atoms with van der Waals surface area (Å²) in [6, 6.07) is 6.25. The van der Waals surface area contributed by atoms with Crippen LogP contribution in [0, 0.1) is 12.8 Å². The minimum absolute atomic E-state index is 0.131. The van der Waals surface area contributed by atoms with Crippen LogP contribution in [0.25, 0.3) is 0 Å². The molecule has 0 saturated carbocycles. The normalized spacial score (nSPS) is 20.5. The fourth-order valence-corrected chi connectivity index (χ4v) is 3.85. The van der Waals surface area contributed by atoms with E-state index >= 15 is 0 Å². The number of carbonyl (C=O) groups is 2. The largest absolute Gasteiger partial charge is 0.450 e. The number of amides is 2. The number of piperidine rings is 1. The smallest absolute Gasteiger partial charge is 0.409 e. The molecule has 1 atom stereocenters. The lowest BCUT2D eigenvalue weighted by molar-refractivity contribution is -0.123. The summed E-state index contributed by atoms with van der Waals surface area (Å²) in [6.07, 6.45) is 3.41. The molecule has 1 fully saturated rings. The van der Waals surface area contributed by atoms with Gasteiger partial charge in [0.1, 0.15) is 0 Å². The quantitative estimate of drug-likeness (QED) is 0.837. The van der Waals surface area contributed by atoms with Crippen molar-refractivity contribution in [2.24, 2.45) is 5.92 Å². The summed E-state index contributed by atoms with van der Waals surface area (Å²) in [5.74, 6) is 0.0213. The van der Waals surface area contributed by atoms with E-state index in [1.165, 1.54) is 5.56 Å². The average Bonchev–Trinajstić information content (AvgIpc) is 2.61. The molecule has 0 N–H and O–H groups in total. The number of ether oxygens (including phenoxy) is 1. The molecule has 1 saturated heterocycles. The van der Waals surface area contributed by atoms with E-state index in [4.69, 9.17) is 4.74 Å². The van der Waals surface area contributed by atoms with Gasteiger partial charge < -0.3 is 14.5 Å². The second-order valence-corrected chi connectivity index (χ2v) is 6.66. The number of carbonyl (C=O) groups excluding carboxylic acids is 2. The molecule has 0 radical (unpaired) electrons. The third kappa shape index (κ3) is 3.25. The van der Waals surface area contributed by atoms with Crippen LogP contribution in [0.5, 0.6) is 0 Å². The maximum Gasteiger partial charge on any atom is 0.409 e. The number of para-hydroxylation sites is 1. The van der Waals surface area contributed by atoms with Gasteiger partial charge in [-0.2, -0.15) is 0 Å². The lowest BCUT2D eigenvalue weighted by Gasteiger charge is -2.37. The van der Waals surface area contributed by atoms with Crippen molar-refractivity contribution in [1.82, 2.24) is 4.90 Å². The lowest BCUT2D eigenvalue weighted by Crippen LogP contribution is -2.48. The van der Waals surface area contributed by atoms with E-state index in [0.29, 0.717) is 19.7 Å². The number of likely N-dealkylation sites (tertiary alicyclic amines) is 1. The Kier molecular flexibility index (Phi) is 5.07. The van der Waals surface area contributed by atoms with Crippen LogP contribution >= 0.6 is 0 Å². The Morgan fingerprint density at radius 2 is 2.08 bits per heavy atom. The number of anilines is 1. The van der Waals surface area contributed by atoms with Crippen molar-refractivity contribution in [2.45, 2.75) is 39.5 Å². The van der Waals surface area contributed by atoms with Crippen LogP contribution in [0.15, 0.2) is 18.2 Å². The fraction of sp³-hybridized carbons (Fsp3) is 0.579. The van der Waals surface area contributed by atoms with E-state index in [9.17, 15) is 9.59 Å². The minimum atomic E-state index is -0.301. The Hall–Kier alpha value is -2.04. The van der Waals surface area contributed by atoms with Gasteiger partial charge in [-0.25, -0.2) is 4.79 Å². The molecule has 0 spiro atoms. The van der Waals surface area contributed by atoms with Crippen molar-refractivity contribution in [2.75, 3.05) is 31.1 Å². The summed E-state index contributed by atoms with van der Waals surface area (Å²) in [4.78, 5) is 28.7. The molecule has 1 aromatic rings. The number of aryl methyl sites for hydroxylation is 2. The Morgan fingerprint density at radius 3 is 2.88 bits per heavy atom. The monoisotopic (exact) mass is 330 g/mol. The molecule has 1 aromatic carbocycles. The molecular formula is C19H26N2O3. The van der Waals surface area contributed by atoms with Gasteiger partial charge in [-0.15, -0.1) is 0 Å². The van der Waals surface area contributed by atoms with E-state index < -0.39 is 0 Å². The van der Waals surface area contributed by atoms with E-state index in [1.807, 2.05) is 4.90 Å². The Labute approximate surface area is 143 Å². The first-order chi connectivity index (χ1) is 11.6. The van der Waals surface area contributed by atoms with Crippen LogP contribution in [-0.4, -0.2) is 43.1 Å². The predicted octanol–water partition coefficient (Wildman–Crippen LogP) is 3.14. The zero-order chi connectivity index (χ0) is 17.1. The number of hydrogen-bond donors (Lipinski definition) is 0. The summed E-state index contributed by atoms with van der Waals surface area (Å²) >= 11 is 0. The summed E-state index contributed by atoms with van der Waals surface area (Å²) < 4.78 is 5.09. The topological polar surface area (TPSA) is 49.9 Å². The van der Waals surface area contributed by atoms with E-state index in [2.05, 4.69) is 25.1 Å². The second kappa shape index (κ2) is 7.24. The van der Waals surface area contributed by atoms with Crippen molar-refractivity contribution >= 4 is 17.7 Å². The molecule has 2 amide bonds. The fourth-order valence-electron chi connectivity index (χ4n) is 3.85. The van der Waals surface area contributed by atoms with Gasteiger partial charge in [0, 0.05) is 25.3 Å². The van der Waals surface area contributed by atoms with Crippen LogP contribution in [0.1, 0.15) is 37.3 Å². The van der Waals surface area contributed by atoms with Gasteiger partial charge in [0.15, 0.2) is 0 Å². The highest BCUT2D eigenvalue weighted by molar-refractivity contribution is 5.97. The second-order valence-electron chi connectivity index (χ2n) is 6.66. The number of nitrogens with zero attached hydrogens (tertiary/aromatic N) is 2. The van der Waals surface area contributed by atoms with Crippen LogP contribution < -0.4 is 4.90 Å². The van der Waals surface area contributed by atoms with Crippen LogP contribution in [-0.2, 0) is 16.0 Å². The SMILES string of the molecule is CCOC(=O)N1CCCC(C(=O)N2CCCc3cccc(C)c32)C1. The first kappa shape index (κ1) is 16.8. The molecule has 2 aliphatic rings. The summed E-state index contributed by atoms with van der Waals surface area (Å²) in [5.41, 5.74) is 3.49. The van der Waals surface area contributed by atoms with Gasteiger partial charge in [-0.3, -0.25) is 4.79 Å². The zero-order valence-electron chi connectivity index (χ0n) is 14.6. The molecule has 130 valence electrons. The minimum Gasteiger partial charge on any atom is -0.450 e. The Morgan fingerprint density at radius 1 is 1.25 bits per heavy atom. The standard InChI is InChI=1S/C19H26N2O3/c1-3-24-19(23)20-11-5-10-16(13-20)18(22)21-12-6-9-15-8-4-7-14(2)17(15)21/h4,7-8,16H,3,5-6,9-13H2,1-2H3. The van der Waals surface area contributed by atoms with Gasteiger partial charge in [-0.1, -0.05) is 18.2 Å². The van der Waals surface area contributed by atoms with E-state index in [1.54, 1.807) is 11.8 Å². The zero-order valence-corrected chi connectivity index (χ0v) is 14.6. The highest BCUT2D eigenvalue weighted by Crippen LogP contribution is 2.32. The molecule has 0 aliphatic carbocycles. The molecule has 3 rings (SSSR count). The third-order valence-electron chi connectivity index (χ3n) is 4.98. The maximum atomic E-state index is 13.1. The number of hydrogen-bond acceptors (Lipinski definition) is 3. The van der Waals surface area contributed by atoms with Crippen LogP contribution in [0.4, 0.5) is 10.5 Å². The van der Waals surface area contributed by atoms with Crippen LogP contribution in [0.3, 0.4) is 0 Å².